The highest BCUT2D eigenvalue weighted by Gasteiger charge is 2.43. The van der Waals surface area contributed by atoms with Gasteiger partial charge in [-0.3, -0.25) is 4.79 Å². The molecule has 4 rings (SSSR count). The van der Waals surface area contributed by atoms with Crippen molar-refractivity contribution in [3.63, 3.8) is 0 Å². The number of nitrogens with one attached hydrogen (secondary N) is 1. The first-order chi connectivity index (χ1) is 12.5. The fraction of sp³-hybridized carbons (Fsp3) is 0.190. The molecule has 1 atom stereocenters. The second kappa shape index (κ2) is 6.45. The van der Waals surface area contributed by atoms with E-state index in [1.54, 1.807) is 24.5 Å². The van der Waals surface area contributed by atoms with Crippen LogP contribution in [0.1, 0.15) is 18.1 Å². The van der Waals surface area contributed by atoms with E-state index in [2.05, 4.69) is 28.2 Å². The Morgan fingerprint density at radius 2 is 2.00 bits per heavy atom. The van der Waals surface area contributed by atoms with E-state index >= 15 is 0 Å². The number of benzene rings is 2. The lowest BCUT2D eigenvalue weighted by atomic mass is 9.77. The van der Waals surface area contributed by atoms with E-state index in [1.807, 2.05) is 31.2 Å². The molecule has 1 unspecified atom stereocenters. The first-order valence-electron chi connectivity index (χ1n) is 8.32. The summed E-state index contributed by atoms with van der Waals surface area (Å²) in [4.78, 5) is 12.9. The van der Waals surface area contributed by atoms with Crippen LogP contribution >= 0.6 is 22.9 Å². The van der Waals surface area contributed by atoms with E-state index in [0.717, 1.165) is 28.1 Å². The molecule has 0 aliphatic carbocycles. The maximum absolute atomic E-state index is 12.9. The molecule has 3 aromatic rings. The highest BCUT2D eigenvalue weighted by atomic mass is 35.5. The summed E-state index contributed by atoms with van der Waals surface area (Å²) in [6, 6.07) is 13.8. The topological polar surface area (TPSA) is 38.3 Å². The van der Waals surface area contributed by atoms with Gasteiger partial charge in [0.2, 0.25) is 5.91 Å². The molecule has 1 aliphatic rings. The number of hydrogen-bond donors (Lipinski definition) is 1. The third kappa shape index (κ3) is 2.79. The standard InChI is InChI=1S/C21H18ClNO2S/c1-21(11-15-9-16(22)4-6-19(15)25-2)17-10-13(14-7-8-26-12-14)3-5-18(17)23-20(21)24/h3-10,12H,11H2,1-2H3,(H,23,24). The average molecular weight is 384 g/mol. The molecule has 0 radical (unpaired) electrons. The van der Waals surface area contributed by atoms with Crippen LogP contribution in [0, 0.1) is 0 Å². The van der Waals surface area contributed by atoms with Crippen molar-refractivity contribution >= 4 is 34.5 Å². The van der Waals surface area contributed by atoms with Crippen LogP contribution in [0.3, 0.4) is 0 Å². The van der Waals surface area contributed by atoms with E-state index in [1.165, 1.54) is 5.56 Å². The van der Waals surface area contributed by atoms with Gasteiger partial charge in [-0.2, -0.15) is 11.3 Å². The minimum absolute atomic E-state index is 0.00278. The molecule has 0 spiro atoms. The summed E-state index contributed by atoms with van der Waals surface area (Å²) in [6.07, 6.45) is 0.517. The molecular formula is C21H18ClNO2S. The Kier molecular flexibility index (Phi) is 4.25. The first-order valence-corrected chi connectivity index (χ1v) is 9.64. The molecule has 1 aromatic heterocycles. The molecule has 2 heterocycles. The van der Waals surface area contributed by atoms with Gasteiger partial charge in [-0.05, 0) is 82.8 Å². The first kappa shape index (κ1) is 17.1. The number of carbonyl (C=O) groups is 1. The van der Waals surface area contributed by atoms with Crippen molar-refractivity contribution in [2.24, 2.45) is 0 Å². The van der Waals surface area contributed by atoms with E-state index in [9.17, 15) is 4.79 Å². The van der Waals surface area contributed by atoms with Crippen LogP contribution < -0.4 is 10.1 Å². The van der Waals surface area contributed by atoms with Crippen molar-refractivity contribution in [1.82, 2.24) is 0 Å². The number of methoxy groups -OCH3 is 1. The van der Waals surface area contributed by atoms with Gasteiger partial charge in [-0.25, -0.2) is 0 Å². The zero-order valence-electron chi connectivity index (χ0n) is 14.5. The summed E-state index contributed by atoms with van der Waals surface area (Å²) in [6.45, 7) is 1.98. The minimum atomic E-state index is -0.681. The predicted molar refractivity (Wildman–Crippen MR) is 107 cm³/mol. The quantitative estimate of drug-likeness (QED) is 0.643. The van der Waals surface area contributed by atoms with Gasteiger partial charge in [0.25, 0.3) is 0 Å². The summed E-state index contributed by atoms with van der Waals surface area (Å²) in [5, 5.41) is 7.83. The van der Waals surface area contributed by atoms with Crippen LogP contribution in [0.5, 0.6) is 5.75 Å². The van der Waals surface area contributed by atoms with Crippen molar-refractivity contribution in [2.75, 3.05) is 12.4 Å². The van der Waals surface area contributed by atoms with E-state index in [0.29, 0.717) is 11.4 Å². The number of halogens is 1. The zero-order valence-corrected chi connectivity index (χ0v) is 16.1. The lowest BCUT2D eigenvalue weighted by Crippen LogP contribution is -2.33. The number of thiophene rings is 1. The lowest BCUT2D eigenvalue weighted by Gasteiger charge is -2.24. The fourth-order valence-electron chi connectivity index (χ4n) is 3.54. The Bertz CT molecular complexity index is 984. The number of anilines is 1. The number of ether oxygens (including phenoxy) is 1. The summed E-state index contributed by atoms with van der Waals surface area (Å²) in [7, 11) is 1.63. The van der Waals surface area contributed by atoms with Crippen LogP contribution in [0.4, 0.5) is 5.69 Å². The molecule has 26 heavy (non-hydrogen) atoms. The molecule has 5 heteroatoms. The van der Waals surface area contributed by atoms with Crippen LogP contribution in [0.25, 0.3) is 11.1 Å². The monoisotopic (exact) mass is 383 g/mol. The largest absolute Gasteiger partial charge is 0.496 e. The average Bonchev–Trinajstić information content (AvgIpc) is 3.23. The van der Waals surface area contributed by atoms with Gasteiger partial charge >= 0.3 is 0 Å². The number of rotatable bonds is 4. The Balaban J connectivity index is 1.79. The maximum Gasteiger partial charge on any atom is 0.235 e. The molecule has 2 aromatic carbocycles. The summed E-state index contributed by atoms with van der Waals surface area (Å²) in [5.41, 5.74) is 4.40. The minimum Gasteiger partial charge on any atom is -0.496 e. The Hall–Kier alpha value is -2.30. The molecule has 0 saturated heterocycles. The second-order valence-corrected chi connectivity index (χ2v) is 7.91. The second-order valence-electron chi connectivity index (χ2n) is 6.69. The van der Waals surface area contributed by atoms with E-state index in [4.69, 9.17) is 16.3 Å². The number of hydrogen-bond acceptors (Lipinski definition) is 3. The molecule has 1 amide bonds. The van der Waals surface area contributed by atoms with Gasteiger partial charge in [-0.1, -0.05) is 17.7 Å². The normalized spacial score (nSPS) is 18.5. The maximum atomic E-state index is 12.9. The molecular weight excluding hydrogens is 366 g/mol. The number of fused-ring (bicyclic) bond motifs is 1. The van der Waals surface area contributed by atoms with Gasteiger partial charge in [0.1, 0.15) is 5.75 Å². The zero-order chi connectivity index (χ0) is 18.3. The molecule has 1 aliphatic heterocycles. The molecule has 132 valence electrons. The molecule has 0 saturated carbocycles. The number of amides is 1. The van der Waals surface area contributed by atoms with Crippen molar-refractivity contribution in [1.29, 1.82) is 0 Å². The third-order valence-corrected chi connectivity index (χ3v) is 5.92. The molecule has 3 nitrogen and oxygen atoms in total. The van der Waals surface area contributed by atoms with Gasteiger partial charge < -0.3 is 10.1 Å². The lowest BCUT2D eigenvalue weighted by molar-refractivity contribution is -0.120. The predicted octanol–water partition coefficient (Wildman–Crippen LogP) is 5.53. The summed E-state index contributed by atoms with van der Waals surface area (Å²) in [5.74, 6) is 0.739. The van der Waals surface area contributed by atoms with E-state index in [-0.39, 0.29) is 5.91 Å². The van der Waals surface area contributed by atoms with Crippen molar-refractivity contribution < 1.29 is 9.53 Å². The smallest absolute Gasteiger partial charge is 0.235 e. The Labute approximate surface area is 161 Å². The Morgan fingerprint density at radius 1 is 1.15 bits per heavy atom. The fourth-order valence-corrected chi connectivity index (χ4v) is 4.40. The SMILES string of the molecule is COc1ccc(Cl)cc1CC1(C)C(=O)Nc2ccc(-c3ccsc3)cc21. The summed E-state index contributed by atoms with van der Waals surface area (Å²) < 4.78 is 5.47. The van der Waals surface area contributed by atoms with Gasteiger partial charge in [0, 0.05) is 10.7 Å². The van der Waals surface area contributed by atoms with Crippen molar-refractivity contribution in [3.8, 4) is 16.9 Å². The van der Waals surface area contributed by atoms with Crippen LogP contribution in [0.2, 0.25) is 5.02 Å². The van der Waals surface area contributed by atoms with Gasteiger partial charge in [0.05, 0.1) is 12.5 Å². The van der Waals surface area contributed by atoms with Crippen molar-refractivity contribution in [3.05, 3.63) is 69.4 Å². The van der Waals surface area contributed by atoms with Gasteiger partial charge in [-0.15, -0.1) is 0 Å². The third-order valence-electron chi connectivity index (χ3n) is 5.00. The highest BCUT2D eigenvalue weighted by Crippen LogP contribution is 2.43. The van der Waals surface area contributed by atoms with Crippen LogP contribution in [-0.2, 0) is 16.6 Å². The van der Waals surface area contributed by atoms with Crippen LogP contribution in [0.15, 0.2) is 53.2 Å². The Morgan fingerprint density at radius 3 is 2.73 bits per heavy atom. The summed E-state index contributed by atoms with van der Waals surface area (Å²) >= 11 is 7.84. The number of carbonyl (C=O) groups excluding carboxylic acids is 1. The molecule has 0 fully saturated rings. The van der Waals surface area contributed by atoms with Gasteiger partial charge in [0.15, 0.2) is 0 Å². The van der Waals surface area contributed by atoms with Crippen molar-refractivity contribution in [2.45, 2.75) is 18.8 Å². The molecule has 1 N–H and O–H groups in total. The molecule has 0 bridgehead atoms. The van der Waals surface area contributed by atoms with E-state index < -0.39 is 5.41 Å². The van der Waals surface area contributed by atoms with Crippen LogP contribution in [-0.4, -0.2) is 13.0 Å². The highest BCUT2D eigenvalue weighted by molar-refractivity contribution is 7.08.